The molecule has 0 bridgehead atoms. The van der Waals surface area contributed by atoms with Gasteiger partial charge < -0.3 is 18.7 Å². The number of thiazole rings is 1. The third-order valence-electron chi connectivity index (χ3n) is 5.72. The van der Waals surface area contributed by atoms with E-state index in [1.54, 1.807) is 52.7 Å². The number of aromatic nitrogens is 2. The molecule has 2 aromatic heterocycles. The van der Waals surface area contributed by atoms with Crippen molar-refractivity contribution < 1.29 is 27.5 Å². The van der Waals surface area contributed by atoms with Crippen molar-refractivity contribution in [3.8, 4) is 40.0 Å². The van der Waals surface area contributed by atoms with E-state index < -0.39 is 5.82 Å². The van der Waals surface area contributed by atoms with Crippen molar-refractivity contribution in [3.05, 3.63) is 93.1 Å². The minimum atomic E-state index is -0.542. The quantitative estimate of drug-likeness (QED) is 0.215. The maximum Gasteiger partial charge on any atom is 0.231 e. The molecule has 0 aliphatic carbocycles. The molecule has 3 heterocycles. The van der Waals surface area contributed by atoms with Crippen LogP contribution in [0.15, 0.2) is 80.7 Å². The van der Waals surface area contributed by atoms with E-state index in [-0.39, 0.29) is 18.4 Å². The fraction of sp³-hybridized carbons (Fsp3) is 0.0741. The third kappa shape index (κ3) is 5.01. The number of methoxy groups -OCH3 is 1. The monoisotopic (exact) mass is 566 g/mol. The lowest BCUT2D eigenvalue weighted by Crippen LogP contribution is -2.11. The standard InChI is InChI=1S/C27H17ClF2N4O4S/c1-35-23-7-6-18(10-20(23)30)32-27-34(31-12-15-8-19(28)26-25(9-15)36-14-37-26)22(13-39-27)24-11-21(33-38-24)16-2-4-17(29)5-3-16/h2-13H,14H2,1H3/b31-12+,32-27?. The molecule has 0 spiro atoms. The first-order chi connectivity index (χ1) is 19.0. The Morgan fingerprint density at radius 2 is 1.92 bits per heavy atom. The van der Waals surface area contributed by atoms with Crippen molar-refractivity contribution in [2.75, 3.05) is 13.9 Å². The minimum Gasteiger partial charge on any atom is -0.494 e. The second-order valence-electron chi connectivity index (χ2n) is 8.21. The number of nitrogens with zero attached hydrogens (tertiary/aromatic N) is 4. The van der Waals surface area contributed by atoms with E-state index in [0.29, 0.717) is 55.3 Å². The minimum absolute atomic E-state index is 0.0857. The topological polar surface area (TPSA) is 83.4 Å². The first-order valence-electron chi connectivity index (χ1n) is 11.4. The van der Waals surface area contributed by atoms with E-state index in [9.17, 15) is 8.78 Å². The largest absolute Gasteiger partial charge is 0.494 e. The summed E-state index contributed by atoms with van der Waals surface area (Å²) < 4.78 is 50.7. The lowest BCUT2D eigenvalue weighted by atomic mass is 10.1. The Bertz CT molecular complexity index is 1780. The van der Waals surface area contributed by atoms with E-state index in [2.05, 4.69) is 15.3 Å². The average Bonchev–Trinajstić information content (AvgIpc) is 3.68. The van der Waals surface area contributed by atoms with Crippen molar-refractivity contribution >= 4 is 34.8 Å². The summed E-state index contributed by atoms with van der Waals surface area (Å²) in [4.78, 5) is 5.01. The highest BCUT2D eigenvalue weighted by Gasteiger charge is 2.19. The van der Waals surface area contributed by atoms with Crippen LogP contribution in [0.5, 0.6) is 17.2 Å². The smallest absolute Gasteiger partial charge is 0.231 e. The van der Waals surface area contributed by atoms with Crippen LogP contribution in [0.1, 0.15) is 5.56 Å². The Morgan fingerprint density at radius 1 is 1.08 bits per heavy atom. The molecule has 6 rings (SSSR count). The van der Waals surface area contributed by atoms with Gasteiger partial charge in [0.2, 0.25) is 11.6 Å². The summed E-state index contributed by atoms with van der Waals surface area (Å²) in [6.07, 6.45) is 1.58. The molecule has 12 heteroatoms. The predicted molar refractivity (Wildman–Crippen MR) is 142 cm³/mol. The van der Waals surface area contributed by atoms with Gasteiger partial charge in [-0.1, -0.05) is 16.8 Å². The molecule has 0 atom stereocenters. The summed E-state index contributed by atoms with van der Waals surface area (Å²) in [5, 5.41) is 10.9. The van der Waals surface area contributed by atoms with Crippen LogP contribution in [0.2, 0.25) is 5.02 Å². The van der Waals surface area contributed by atoms with Gasteiger partial charge in [-0.3, -0.25) is 0 Å². The molecule has 0 fully saturated rings. The number of benzene rings is 3. The maximum atomic E-state index is 14.3. The summed E-state index contributed by atoms with van der Waals surface area (Å²) in [6, 6.07) is 15.5. The molecule has 39 heavy (non-hydrogen) atoms. The van der Waals surface area contributed by atoms with Gasteiger partial charge in [-0.25, -0.2) is 18.4 Å². The fourth-order valence-electron chi connectivity index (χ4n) is 3.83. The van der Waals surface area contributed by atoms with Crippen LogP contribution in [0, 0.1) is 11.6 Å². The molecule has 0 saturated heterocycles. The average molecular weight is 567 g/mol. The van der Waals surface area contributed by atoms with Gasteiger partial charge >= 0.3 is 0 Å². The van der Waals surface area contributed by atoms with Crippen LogP contribution < -0.4 is 19.0 Å². The second kappa shape index (κ2) is 10.4. The molecule has 0 unspecified atom stereocenters. The number of fused-ring (bicyclic) bond motifs is 1. The Balaban J connectivity index is 1.44. The van der Waals surface area contributed by atoms with E-state index in [1.165, 1.54) is 42.7 Å². The highest BCUT2D eigenvalue weighted by Crippen LogP contribution is 2.39. The van der Waals surface area contributed by atoms with Crippen molar-refractivity contribution in [3.63, 3.8) is 0 Å². The van der Waals surface area contributed by atoms with Gasteiger partial charge in [0.05, 0.1) is 24.0 Å². The molecule has 0 N–H and O–H groups in total. The molecule has 196 valence electrons. The zero-order chi connectivity index (χ0) is 26.9. The van der Waals surface area contributed by atoms with Crippen molar-refractivity contribution in [1.82, 2.24) is 9.83 Å². The molecule has 5 aromatic rings. The van der Waals surface area contributed by atoms with E-state index in [1.807, 2.05) is 0 Å². The van der Waals surface area contributed by atoms with E-state index in [4.69, 9.17) is 30.3 Å². The summed E-state index contributed by atoms with van der Waals surface area (Å²) in [7, 11) is 1.39. The number of rotatable bonds is 6. The Labute approximate surface area is 229 Å². The Morgan fingerprint density at radius 3 is 2.72 bits per heavy atom. The van der Waals surface area contributed by atoms with Crippen molar-refractivity contribution in [1.29, 1.82) is 0 Å². The molecule has 0 saturated carbocycles. The number of hydrogen-bond donors (Lipinski definition) is 0. The zero-order valence-corrected chi connectivity index (χ0v) is 21.7. The molecular formula is C27H17ClF2N4O4S. The van der Waals surface area contributed by atoms with Gasteiger partial charge in [0, 0.05) is 23.1 Å². The van der Waals surface area contributed by atoms with Gasteiger partial charge in [0.15, 0.2) is 28.8 Å². The van der Waals surface area contributed by atoms with Crippen molar-refractivity contribution in [2.45, 2.75) is 0 Å². The van der Waals surface area contributed by atoms with Crippen LogP contribution in [0.4, 0.5) is 14.5 Å². The van der Waals surface area contributed by atoms with Gasteiger partial charge in [-0.15, -0.1) is 11.3 Å². The lowest BCUT2D eigenvalue weighted by Gasteiger charge is -2.03. The highest BCUT2D eigenvalue weighted by molar-refractivity contribution is 7.07. The first-order valence-corrected chi connectivity index (χ1v) is 12.7. The van der Waals surface area contributed by atoms with Gasteiger partial charge in [-0.2, -0.15) is 5.10 Å². The molecule has 1 aliphatic heterocycles. The van der Waals surface area contributed by atoms with Gasteiger partial charge in [0.1, 0.15) is 17.2 Å². The van der Waals surface area contributed by atoms with Gasteiger partial charge in [0.25, 0.3) is 0 Å². The van der Waals surface area contributed by atoms with Crippen LogP contribution in [0.3, 0.4) is 0 Å². The van der Waals surface area contributed by atoms with Crippen LogP contribution in [-0.4, -0.2) is 30.0 Å². The Kier molecular flexibility index (Phi) is 6.59. The molecule has 0 radical (unpaired) electrons. The number of hydrogen-bond acceptors (Lipinski definition) is 8. The van der Waals surface area contributed by atoms with Gasteiger partial charge in [-0.05, 0) is 54.1 Å². The Hall–Kier alpha value is -4.48. The van der Waals surface area contributed by atoms with Crippen LogP contribution in [0.25, 0.3) is 22.7 Å². The third-order valence-corrected chi connectivity index (χ3v) is 6.82. The number of halogens is 3. The van der Waals surface area contributed by atoms with Crippen LogP contribution in [-0.2, 0) is 0 Å². The number of ether oxygens (including phenoxy) is 3. The predicted octanol–water partition coefficient (Wildman–Crippen LogP) is 6.66. The normalized spacial score (nSPS) is 13.0. The highest BCUT2D eigenvalue weighted by atomic mass is 35.5. The zero-order valence-electron chi connectivity index (χ0n) is 20.1. The first kappa shape index (κ1) is 24.8. The summed E-state index contributed by atoms with van der Waals surface area (Å²) >= 11 is 7.60. The second-order valence-corrected chi connectivity index (χ2v) is 9.45. The molecule has 0 amide bonds. The molecule has 3 aromatic carbocycles. The SMILES string of the molecule is COc1ccc(N=c2scc(-c3cc(-c4ccc(F)cc4)no3)n2/N=C/c2cc(Cl)c3c(c2)OCO3)cc1F. The maximum absolute atomic E-state index is 14.3. The summed E-state index contributed by atoms with van der Waals surface area (Å²) in [6.45, 7) is 0.0857. The fourth-order valence-corrected chi connectivity index (χ4v) is 4.94. The lowest BCUT2D eigenvalue weighted by molar-refractivity contribution is 0.174. The summed E-state index contributed by atoms with van der Waals surface area (Å²) in [5.74, 6) is 0.606. The molecule has 1 aliphatic rings. The van der Waals surface area contributed by atoms with E-state index >= 15 is 0 Å². The molecular weight excluding hydrogens is 550 g/mol. The van der Waals surface area contributed by atoms with Crippen LogP contribution >= 0.6 is 22.9 Å². The van der Waals surface area contributed by atoms with E-state index in [0.717, 1.165) is 0 Å². The van der Waals surface area contributed by atoms with Crippen molar-refractivity contribution in [2.24, 2.45) is 10.1 Å². The molecule has 8 nitrogen and oxygen atoms in total. The summed E-state index contributed by atoms with van der Waals surface area (Å²) in [5.41, 5.74) is 2.76.